The van der Waals surface area contributed by atoms with Crippen molar-refractivity contribution in [2.45, 2.75) is 12.5 Å². The molecule has 1 aromatic heterocycles. The highest BCUT2D eigenvalue weighted by atomic mass is 127. The number of halogens is 2. The van der Waals surface area contributed by atoms with E-state index in [4.69, 9.17) is 24.1 Å². The molecular formula is C16H22ClIN2O3. The summed E-state index contributed by atoms with van der Waals surface area (Å²) in [6.45, 7) is 1.73. The van der Waals surface area contributed by atoms with Gasteiger partial charge in [0, 0.05) is 31.6 Å². The Bertz CT molecular complexity index is 503. The van der Waals surface area contributed by atoms with E-state index in [1.54, 1.807) is 19.6 Å². The van der Waals surface area contributed by atoms with Crippen molar-refractivity contribution < 1.29 is 12.5 Å². The number of imidazole rings is 1. The van der Waals surface area contributed by atoms with Gasteiger partial charge in [-0.2, -0.15) is 0 Å². The molecule has 0 aliphatic carbocycles. The third-order valence-electron chi connectivity index (χ3n) is 2.90. The van der Waals surface area contributed by atoms with Gasteiger partial charge in [0.25, 0.3) is 0 Å². The molecule has 23 heavy (non-hydrogen) atoms. The fourth-order valence-electron chi connectivity index (χ4n) is 1.72. The van der Waals surface area contributed by atoms with Crippen molar-refractivity contribution in [2.24, 2.45) is 7.05 Å². The second-order valence-electron chi connectivity index (χ2n) is 4.83. The first-order valence-corrected chi connectivity index (χ1v) is 8.42. The smallest absolute Gasteiger partial charge is 0.109 e. The zero-order valence-corrected chi connectivity index (χ0v) is 16.2. The minimum absolute atomic E-state index is 0.01000. The van der Waals surface area contributed by atoms with Crippen LogP contribution in [0.3, 0.4) is 0 Å². The lowest BCUT2D eigenvalue weighted by Crippen LogP contribution is -2.24. The van der Waals surface area contributed by atoms with Gasteiger partial charge in [-0.3, -0.25) is 0 Å². The summed E-state index contributed by atoms with van der Waals surface area (Å²) in [6.07, 6.45) is 6.24. The van der Waals surface area contributed by atoms with E-state index in [0.29, 0.717) is 19.8 Å². The fourth-order valence-corrected chi connectivity index (χ4v) is 2.25. The monoisotopic (exact) mass is 452 g/mol. The molecule has 0 N–H and O–H groups in total. The number of methoxy groups -OCH3 is 1. The minimum Gasteiger partial charge on any atom is -0.382 e. The molecule has 2 rings (SSSR count). The van der Waals surface area contributed by atoms with Crippen molar-refractivity contribution in [3.05, 3.63) is 53.6 Å². The van der Waals surface area contributed by atoms with Crippen LogP contribution in [0.15, 0.2) is 43.0 Å². The Labute approximate surface area is 156 Å². The van der Waals surface area contributed by atoms with Gasteiger partial charge >= 0.3 is 0 Å². The Morgan fingerprint density at radius 2 is 2.00 bits per heavy atom. The van der Waals surface area contributed by atoms with Crippen LogP contribution >= 0.6 is 34.6 Å². The van der Waals surface area contributed by atoms with Gasteiger partial charge < -0.3 is 17.1 Å². The van der Waals surface area contributed by atoms with Gasteiger partial charge in [-0.25, -0.2) is 4.98 Å². The first kappa shape index (κ1) is 20.4. The highest BCUT2D eigenvalue weighted by molar-refractivity contribution is 14.1. The molecule has 0 radical (unpaired) electrons. The molecule has 7 heteroatoms. The predicted molar refractivity (Wildman–Crippen MR) is 100.0 cm³/mol. The minimum atomic E-state index is -0.01000. The molecule has 0 spiro atoms. The van der Waals surface area contributed by atoms with E-state index in [1.807, 2.05) is 65.1 Å². The van der Waals surface area contributed by atoms with Crippen molar-refractivity contribution in [3.8, 4) is 0 Å². The van der Waals surface area contributed by atoms with Crippen molar-refractivity contribution in [2.75, 3.05) is 26.9 Å². The zero-order chi connectivity index (χ0) is 16.9. The van der Waals surface area contributed by atoms with E-state index in [2.05, 4.69) is 4.98 Å². The van der Waals surface area contributed by atoms with Crippen LogP contribution in [0.5, 0.6) is 0 Å². The zero-order valence-electron chi connectivity index (χ0n) is 13.3. The van der Waals surface area contributed by atoms with Crippen molar-refractivity contribution >= 4 is 34.6 Å². The third-order valence-corrected chi connectivity index (χ3v) is 3.51. The summed E-state index contributed by atoms with van der Waals surface area (Å²) in [5, 5.41) is 0.755. The first-order valence-electron chi connectivity index (χ1n) is 7.16. The third kappa shape index (κ3) is 9.93. The quantitative estimate of drug-likeness (QED) is 0.573. The largest absolute Gasteiger partial charge is 0.382 e. The molecule has 1 heterocycles. The van der Waals surface area contributed by atoms with Crippen LogP contribution in [0.25, 0.3) is 0 Å². The number of hydrogen-bond acceptors (Lipinski definition) is 4. The molecule has 0 amide bonds. The van der Waals surface area contributed by atoms with E-state index >= 15 is 0 Å². The number of benzene rings is 1. The molecule has 2 aromatic rings. The Morgan fingerprint density at radius 1 is 1.26 bits per heavy atom. The molecule has 1 aromatic carbocycles. The molecule has 0 aliphatic rings. The summed E-state index contributed by atoms with van der Waals surface area (Å²) in [6, 6.07) is 7.78. The Hall–Kier alpha value is -0.670. The molecular weight excluding hydrogens is 431 g/mol. The first-order chi connectivity index (χ1) is 11.2. The molecule has 0 aliphatic heterocycles. The summed E-state index contributed by atoms with van der Waals surface area (Å²) >= 11 is 7.67. The molecule has 0 bridgehead atoms. The highest BCUT2D eigenvalue weighted by Gasteiger charge is 2.08. The van der Waals surface area contributed by atoms with E-state index in [9.17, 15) is 0 Å². The maximum Gasteiger partial charge on any atom is 0.109 e. The van der Waals surface area contributed by atoms with Crippen molar-refractivity contribution in [3.63, 3.8) is 0 Å². The molecule has 0 unspecified atom stereocenters. The average Bonchev–Trinajstić information content (AvgIpc) is 3.01. The van der Waals surface area contributed by atoms with E-state index in [0.717, 1.165) is 11.4 Å². The van der Waals surface area contributed by atoms with Crippen molar-refractivity contribution in [1.82, 2.24) is 9.55 Å². The summed E-state index contributed by atoms with van der Waals surface area (Å²) < 4.78 is 17.6. The number of rotatable bonds is 8. The molecule has 1 atom stereocenters. The number of nitrogens with zero attached hydrogens (tertiary/aromatic N) is 2. The van der Waals surface area contributed by atoms with Crippen LogP contribution in [0.2, 0.25) is 5.02 Å². The maximum absolute atomic E-state index is 5.81. The van der Waals surface area contributed by atoms with Gasteiger partial charge in [-0.05, 0) is 24.1 Å². The van der Waals surface area contributed by atoms with Gasteiger partial charge in [0.05, 0.1) is 26.1 Å². The molecule has 0 saturated heterocycles. The van der Waals surface area contributed by atoms with Gasteiger partial charge in [-0.1, -0.05) is 23.7 Å². The molecule has 5 nitrogen and oxygen atoms in total. The average molecular weight is 453 g/mol. The van der Waals surface area contributed by atoms with Crippen LogP contribution < -0.4 is 0 Å². The van der Waals surface area contributed by atoms with Crippen LogP contribution in [-0.2, 0) is 26.0 Å². The van der Waals surface area contributed by atoms with Gasteiger partial charge in [0.2, 0.25) is 0 Å². The van der Waals surface area contributed by atoms with Crippen molar-refractivity contribution in [1.29, 1.82) is 0 Å². The SMILES string of the molecule is COC[C@@H](COI)OCCc1ccc(Cl)cc1.Cn1ccnc1. The number of aryl methyl sites for hydroxylation is 1. The standard InChI is InChI=1S/C12H16ClIO3.C4H6N2/c1-15-8-12(9-17-14)16-7-6-10-2-4-11(13)5-3-10;1-6-3-2-5-4-6/h2-5,12H,6-9H2,1H3;2-4H,1H3/t12-;/m0./s1. The molecule has 0 fully saturated rings. The summed E-state index contributed by atoms with van der Waals surface area (Å²) in [4.78, 5) is 3.78. The fraction of sp³-hybridized carbons (Fsp3) is 0.438. The Morgan fingerprint density at radius 3 is 2.48 bits per heavy atom. The van der Waals surface area contributed by atoms with Gasteiger partial charge in [0.1, 0.15) is 29.1 Å². The summed E-state index contributed by atoms with van der Waals surface area (Å²) in [5.41, 5.74) is 1.21. The number of hydrogen-bond donors (Lipinski definition) is 0. The summed E-state index contributed by atoms with van der Waals surface area (Å²) in [5.74, 6) is 0. The van der Waals surface area contributed by atoms with E-state index < -0.39 is 0 Å². The van der Waals surface area contributed by atoms with Crippen LogP contribution in [0.4, 0.5) is 0 Å². The lowest BCUT2D eigenvalue weighted by Gasteiger charge is -2.15. The van der Waals surface area contributed by atoms with E-state index in [-0.39, 0.29) is 6.10 Å². The Kier molecular flexibility index (Phi) is 11.3. The molecule has 128 valence electrons. The molecule has 0 saturated carbocycles. The predicted octanol–water partition coefficient (Wildman–Crippen LogP) is 3.70. The van der Waals surface area contributed by atoms with E-state index in [1.165, 1.54) is 5.56 Å². The van der Waals surface area contributed by atoms with Gasteiger partial charge in [-0.15, -0.1) is 0 Å². The van der Waals surface area contributed by atoms with Crippen LogP contribution in [0, 0.1) is 0 Å². The lowest BCUT2D eigenvalue weighted by atomic mass is 10.2. The lowest BCUT2D eigenvalue weighted by molar-refractivity contribution is -0.0171. The van der Waals surface area contributed by atoms with Crippen LogP contribution in [-0.4, -0.2) is 42.6 Å². The number of ether oxygens (including phenoxy) is 2. The van der Waals surface area contributed by atoms with Gasteiger partial charge in [0.15, 0.2) is 0 Å². The van der Waals surface area contributed by atoms with Crippen LogP contribution in [0.1, 0.15) is 5.56 Å². The second-order valence-corrected chi connectivity index (χ2v) is 5.89. The summed E-state index contributed by atoms with van der Waals surface area (Å²) in [7, 11) is 3.59. The normalized spacial score (nSPS) is 11.7. The topological polar surface area (TPSA) is 45.5 Å². The highest BCUT2D eigenvalue weighted by Crippen LogP contribution is 2.10. The Balaban J connectivity index is 0.000000366. The number of aromatic nitrogens is 2. The second kappa shape index (κ2) is 12.7. The maximum atomic E-state index is 5.81.